The van der Waals surface area contributed by atoms with Crippen LogP contribution in [0.15, 0.2) is 41.5 Å². The molecule has 3 rings (SSSR count). The van der Waals surface area contributed by atoms with Crippen LogP contribution in [-0.4, -0.2) is 43.7 Å². The van der Waals surface area contributed by atoms with Gasteiger partial charge in [0.2, 0.25) is 12.5 Å². The SMILES string of the molecule is COc1c(/C=N\N)c(CCN(C)C(=S)Nc2ccccc2)cc2c1OCO2. The van der Waals surface area contributed by atoms with Crippen molar-refractivity contribution in [3.8, 4) is 17.2 Å². The number of para-hydroxylation sites is 1. The average molecular weight is 386 g/mol. The highest BCUT2D eigenvalue weighted by molar-refractivity contribution is 7.80. The molecule has 2 aromatic rings. The van der Waals surface area contributed by atoms with Crippen LogP contribution in [0.4, 0.5) is 5.69 Å². The number of methoxy groups -OCH3 is 1. The van der Waals surface area contributed by atoms with E-state index < -0.39 is 0 Å². The fourth-order valence-electron chi connectivity index (χ4n) is 2.83. The minimum absolute atomic E-state index is 0.166. The third-order valence-corrected chi connectivity index (χ3v) is 4.65. The summed E-state index contributed by atoms with van der Waals surface area (Å²) in [5.41, 5.74) is 2.72. The molecule has 0 amide bonds. The van der Waals surface area contributed by atoms with E-state index in [0.29, 0.717) is 35.3 Å². The Bertz CT molecular complexity index is 843. The second kappa shape index (κ2) is 8.59. The van der Waals surface area contributed by atoms with Crippen molar-refractivity contribution in [2.75, 3.05) is 32.8 Å². The smallest absolute Gasteiger partial charge is 0.231 e. The lowest BCUT2D eigenvalue weighted by molar-refractivity contribution is 0.171. The highest BCUT2D eigenvalue weighted by Gasteiger charge is 2.24. The molecular formula is C19H22N4O3S. The molecular weight excluding hydrogens is 364 g/mol. The monoisotopic (exact) mass is 386 g/mol. The quantitative estimate of drug-likeness (QED) is 0.342. The molecule has 0 aliphatic carbocycles. The Morgan fingerprint density at radius 2 is 2.15 bits per heavy atom. The van der Waals surface area contributed by atoms with Crippen molar-refractivity contribution in [3.63, 3.8) is 0 Å². The van der Waals surface area contributed by atoms with Crippen LogP contribution in [0.25, 0.3) is 0 Å². The Hall–Kier alpha value is -3.00. The van der Waals surface area contributed by atoms with E-state index in [1.54, 1.807) is 13.3 Å². The second-order valence-electron chi connectivity index (χ2n) is 5.96. The fraction of sp³-hybridized carbons (Fsp3) is 0.263. The molecule has 7 nitrogen and oxygen atoms in total. The minimum atomic E-state index is 0.166. The number of hydrogen-bond donors (Lipinski definition) is 2. The summed E-state index contributed by atoms with van der Waals surface area (Å²) in [5, 5.41) is 7.53. The lowest BCUT2D eigenvalue weighted by Gasteiger charge is -2.22. The molecule has 2 aromatic carbocycles. The zero-order valence-electron chi connectivity index (χ0n) is 15.3. The number of nitrogens with one attached hydrogen (secondary N) is 1. The number of nitrogens with two attached hydrogens (primary N) is 1. The van der Waals surface area contributed by atoms with E-state index >= 15 is 0 Å². The number of thiocarbonyl (C=S) groups is 1. The van der Waals surface area contributed by atoms with E-state index in [-0.39, 0.29) is 6.79 Å². The third kappa shape index (κ3) is 4.22. The van der Waals surface area contributed by atoms with Gasteiger partial charge in [0, 0.05) is 24.8 Å². The van der Waals surface area contributed by atoms with E-state index in [9.17, 15) is 0 Å². The zero-order chi connectivity index (χ0) is 19.2. The van der Waals surface area contributed by atoms with Crippen molar-refractivity contribution in [1.29, 1.82) is 0 Å². The molecule has 1 heterocycles. The van der Waals surface area contributed by atoms with Crippen molar-refractivity contribution in [1.82, 2.24) is 4.90 Å². The second-order valence-corrected chi connectivity index (χ2v) is 6.35. The number of fused-ring (bicyclic) bond motifs is 1. The van der Waals surface area contributed by atoms with Crippen molar-refractivity contribution >= 4 is 29.2 Å². The maximum atomic E-state index is 5.52. The van der Waals surface area contributed by atoms with Crippen LogP contribution >= 0.6 is 12.2 Å². The Kier molecular flexibility index (Phi) is 5.97. The van der Waals surface area contributed by atoms with Crippen LogP contribution in [0.2, 0.25) is 0 Å². The molecule has 8 heteroatoms. The molecule has 142 valence electrons. The minimum Gasteiger partial charge on any atom is -0.492 e. The molecule has 0 aromatic heterocycles. The number of ether oxygens (including phenoxy) is 3. The van der Waals surface area contributed by atoms with E-state index in [0.717, 1.165) is 16.8 Å². The van der Waals surface area contributed by atoms with Gasteiger partial charge in [-0.15, -0.1) is 0 Å². The van der Waals surface area contributed by atoms with E-state index in [1.807, 2.05) is 48.3 Å². The predicted molar refractivity (Wildman–Crippen MR) is 110 cm³/mol. The molecule has 0 radical (unpaired) electrons. The normalized spacial score (nSPS) is 12.2. The van der Waals surface area contributed by atoms with Gasteiger partial charge in [-0.05, 0) is 42.4 Å². The van der Waals surface area contributed by atoms with Gasteiger partial charge in [0.1, 0.15) is 0 Å². The lowest BCUT2D eigenvalue weighted by Crippen LogP contribution is -2.32. The Labute approximate surface area is 163 Å². The molecule has 0 saturated heterocycles. The van der Waals surface area contributed by atoms with Crippen LogP contribution in [0.1, 0.15) is 11.1 Å². The van der Waals surface area contributed by atoms with Gasteiger partial charge in [-0.1, -0.05) is 18.2 Å². The molecule has 0 atom stereocenters. The number of hydrazone groups is 1. The summed E-state index contributed by atoms with van der Waals surface area (Å²) in [6, 6.07) is 11.8. The van der Waals surface area contributed by atoms with Gasteiger partial charge in [-0.3, -0.25) is 0 Å². The average Bonchev–Trinajstić information content (AvgIpc) is 3.15. The number of benzene rings is 2. The lowest BCUT2D eigenvalue weighted by atomic mass is 10.0. The molecule has 1 aliphatic heterocycles. The van der Waals surface area contributed by atoms with Crippen molar-refractivity contribution in [2.45, 2.75) is 6.42 Å². The van der Waals surface area contributed by atoms with E-state index in [2.05, 4.69) is 10.4 Å². The van der Waals surface area contributed by atoms with Gasteiger partial charge in [0.05, 0.1) is 13.3 Å². The molecule has 0 unspecified atom stereocenters. The highest BCUT2D eigenvalue weighted by Crippen LogP contribution is 2.44. The largest absolute Gasteiger partial charge is 0.492 e. The van der Waals surface area contributed by atoms with E-state index in [1.165, 1.54) is 0 Å². The molecule has 0 saturated carbocycles. The van der Waals surface area contributed by atoms with Gasteiger partial charge in [-0.25, -0.2) is 0 Å². The van der Waals surface area contributed by atoms with Crippen LogP contribution in [0.5, 0.6) is 17.2 Å². The standard InChI is InChI=1S/C19H22N4O3S/c1-23(19(27)22-14-6-4-3-5-7-14)9-8-13-10-16-18(26-12-25-16)17(24-2)15(13)11-21-20/h3-7,10-11H,8-9,12,20H2,1-2H3,(H,22,27)/b21-11-. The molecule has 0 fully saturated rings. The van der Waals surface area contributed by atoms with Crippen molar-refractivity contribution in [2.24, 2.45) is 10.9 Å². The first-order valence-corrected chi connectivity index (χ1v) is 8.84. The van der Waals surface area contributed by atoms with Gasteiger partial charge in [0.25, 0.3) is 0 Å². The Morgan fingerprint density at radius 3 is 2.85 bits per heavy atom. The first kappa shape index (κ1) is 18.8. The summed E-state index contributed by atoms with van der Waals surface area (Å²) in [4.78, 5) is 1.97. The van der Waals surface area contributed by atoms with Gasteiger partial charge in [-0.2, -0.15) is 5.10 Å². The van der Waals surface area contributed by atoms with Gasteiger partial charge < -0.3 is 30.3 Å². The number of likely N-dealkylation sites (N-methyl/N-ethyl adjacent to an activating group) is 1. The Balaban J connectivity index is 1.74. The molecule has 0 spiro atoms. The predicted octanol–water partition coefficient (Wildman–Crippen LogP) is 2.59. The Morgan fingerprint density at radius 1 is 1.37 bits per heavy atom. The summed E-state index contributed by atoms with van der Waals surface area (Å²) in [6.07, 6.45) is 2.26. The van der Waals surface area contributed by atoms with Crippen LogP contribution in [0, 0.1) is 0 Å². The number of rotatable bonds is 6. The van der Waals surface area contributed by atoms with Crippen LogP contribution in [-0.2, 0) is 6.42 Å². The maximum absolute atomic E-state index is 5.52. The van der Waals surface area contributed by atoms with Gasteiger partial charge >= 0.3 is 0 Å². The third-order valence-electron chi connectivity index (χ3n) is 4.24. The van der Waals surface area contributed by atoms with E-state index in [4.69, 9.17) is 32.3 Å². The summed E-state index contributed by atoms with van der Waals surface area (Å²) in [5.74, 6) is 7.19. The van der Waals surface area contributed by atoms with Gasteiger partial charge in [0.15, 0.2) is 16.6 Å². The molecule has 3 N–H and O–H groups in total. The molecule has 1 aliphatic rings. The maximum Gasteiger partial charge on any atom is 0.231 e. The van der Waals surface area contributed by atoms with Crippen LogP contribution < -0.4 is 25.4 Å². The van der Waals surface area contributed by atoms with Crippen molar-refractivity contribution in [3.05, 3.63) is 47.5 Å². The zero-order valence-corrected chi connectivity index (χ0v) is 16.1. The summed E-state index contributed by atoms with van der Waals surface area (Å²) < 4.78 is 16.5. The first-order chi connectivity index (χ1) is 13.1. The highest BCUT2D eigenvalue weighted by atomic mass is 32.1. The first-order valence-electron chi connectivity index (χ1n) is 8.44. The van der Waals surface area contributed by atoms with Crippen molar-refractivity contribution < 1.29 is 14.2 Å². The topological polar surface area (TPSA) is 81.3 Å². The number of hydrogen-bond acceptors (Lipinski definition) is 6. The summed E-state index contributed by atoms with van der Waals surface area (Å²) in [6.45, 7) is 0.853. The molecule has 27 heavy (non-hydrogen) atoms. The molecule has 0 bridgehead atoms. The fourth-order valence-corrected chi connectivity index (χ4v) is 3.04. The summed E-state index contributed by atoms with van der Waals surface area (Å²) >= 11 is 5.49. The summed E-state index contributed by atoms with van der Waals surface area (Å²) in [7, 11) is 3.53. The number of anilines is 1. The number of nitrogens with zero attached hydrogens (tertiary/aromatic N) is 2. The van der Waals surface area contributed by atoms with Crippen LogP contribution in [0.3, 0.4) is 0 Å².